The average molecular weight is 266 g/mol. The molecule has 1 aromatic carbocycles. The molecule has 0 aliphatic carbocycles. The van der Waals surface area contributed by atoms with Crippen LogP contribution in [0.3, 0.4) is 0 Å². The lowest BCUT2D eigenvalue weighted by molar-refractivity contribution is 0.598. The van der Waals surface area contributed by atoms with Crippen molar-refractivity contribution in [2.24, 2.45) is 5.14 Å². The van der Waals surface area contributed by atoms with Crippen LogP contribution in [-0.4, -0.2) is 18.4 Å². The smallest absolute Gasteiger partial charge is 0.240 e. The van der Waals surface area contributed by atoms with Gasteiger partial charge < -0.3 is 10.3 Å². The first-order chi connectivity index (χ1) is 8.48. The summed E-state index contributed by atoms with van der Waals surface area (Å²) in [5.41, 5.74) is 0.462. The molecule has 0 spiro atoms. The molecule has 0 aliphatic rings. The summed E-state index contributed by atoms with van der Waals surface area (Å²) >= 11 is 0. The molecule has 1 unspecified atom stereocenters. The van der Waals surface area contributed by atoms with Gasteiger partial charge in [0.2, 0.25) is 10.0 Å². The van der Waals surface area contributed by atoms with Crippen molar-refractivity contribution >= 4 is 15.7 Å². The van der Waals surface area contributed by atoms with Crippen molar-refractivity contribution in [1.82, 2.24) is 9.97 Å². The van der Waals surface area contributed by atoms with E-state index in [1.807, 2.05) is 6.92 Å². The molecule has 96 valence electrons. The second kappa shape index (κ2) is 4.79. The number of sulfonamides is 1. The summed E-state index contributed by atoms with van der Waals surface area (Å²) in [5, 5.41) is 8.23. The molecule has 1 atom stereocenters. The maximum absolute atomic E-state index is 11.4. The Labute approximate surface area is 105 Å². The predicted molar refractivity (Wildman–Crippen MR) is 68.4 cm³/mol. The van der Waals surface area contributed by atoms with Crippen LogP contribution in [0.25, 0.3) is 0 Å². The standard InChI is InChI=1S/C11H14N4O2S/c1-8(11-13-6-7-14-11)15-9-4-2-3-5-10(9)18(12,16)17/h2-8,15H,1H3,(H,13,14)(H2,12,16,17). The third kappa shape index (κ3) is 2.69. The van der Waals surface area contributed by atoms with Gasteiger partial charge in [0.15, 0.2) is 0 Å². The first kappa shape index (κ1) is 12.6. The summed E-state index contributed by atoms with van der Waals surface area (Å²) in [6.45, 7) is 1.87. The van der Waals surface area contributed by atoms with Gasteiger partial charge in [-0.1, -0.05) is 12.1 Å². The Morgan fingerprint density at radius 3 is 2.72 bits per heavy atom. The Bertz CT molecular complexity index is 622. The summed E-state index contributed by atoms with van der Waals surface area (Å²) in [6, 6.07) is 6.35. The van der Waals surface area contributed by atoms with Crippen LogP contribution in [-0.2, 0) is 10.0 Å². The number of aromatic amines is 1. The highest BCUT2D eigenvalue weighted by Crippen LogP contribution is 2.23. The average Bonchev–Trinajstić information content (AvgIpc) is 2.81. The number of para-hydroxylation sites is 1. The number of benzene rings is 1. The van der Waals surface area contributed by atoms with Crippen LogP contribution in [0.5, 0.6) is 0 Å². The van der Waals surface area contributed by atoms with E-state index in [0.717, 1.165) is 5.82 Å². The van der Waals surface area contributed by atoms with Gasteiger partial charge in [-0.15, -0.1) is 0 Å². The van der Waals surface area contributed by atoms with E-state index in [-0.39, 0.29) is 10.9 Å². The lowest BCUT2D eigenvalue weighted by atomic mass is 10.2. The van der Waals surface area contributed by atoms with Crippen molar-refractivity contribution in [3.05, 3.63) is 42.5 Å². The van der Waals surface area contributed by atoms with Gasteiger partial charge in [-0.25, -0.2) is 18.5 Å². The number of aromatic nitrogens is 2. The van der Waals surface area contributed by atoms with Crippen LogP contribution in [0.2, 0.25) is 0 Å². The van der Waals surface area contributed by atoms with E-state index in [1.54, 1.807) is 30.6 Å². The molecule has 1 heterocycles. The number of hydrogen-bond acceptors (Lipinski definition) is 4. The fourth-order valence-electron chi connectivity index (χ4n) is 1.65. The molecule has 4 N–H and O–H groups in total. The molecule has 6 nitrogen and oxygen atoms in total. The number of anilines is 1. The van der Waals surface area contributed by atoms with Gasteiger partial charge in [0.05, 0.1) is 11.7 Å². The Morgan fingerprint density at radius 1 is 1.39 bits per heavy atom. The summed E-state index contributed by atoms with van der Waals surface area (Å²) in [7, 11) is -3.74. The normalized spacial score (nSPS) is 13.2. The maximum Gasteiger partial charge on any atom is 0.240 e. The minimum absolute atomic E-state index is 0.0726. The molecular formula is C11H14N4O2S. The van der Waals surface area contributed by atoms with Gasteiger partial charge >= 0.3 is 0 Å². The molecule has 0 saturated heterocycles. The number of nitrogens with zero attached hydrogens (tertiary/aromatic N) is 1. The maximum atomic E-state index is 11.4. The minimum Gasteiger partial charge on any atom is -0.374 e. The predicted octanol–water partition coefficient (Wildman–Crippen LogP) is 1.23. The van der Waals surface area contributed by atoms with Gasteiger partial charge in [0.1, 0.15) is 10.7 Å². The van der Waals surface area contributed by atoms with Crippen molar-refractivity contribution in [2.75, 3.05) is 5.32 Å². The van der Waals surface area contributed by atoms with Gasteiger partial charge in [-0.2, -0.15) is 0 Å². The molecule has 0 amide bonds. The third-order valence-corrected chi connectivity index (χ3v) is 3.46. The van der Waals surface area contributed by atoms with E-state index in [9.17, 15) is 8.42 Å². The van der Waals surface area contributed by atoms with Crippen LogP contribution >= 0.6 is 0 Å². The van der Waals surface area contributed by atoms with Crippen molar-refractivity contribution in [3.63, 3.8) is 0 Å². The minimum atomic E-state index is -3.74. The van der Waals surface area contributed by atoms with E-state index in [4.69, 9.17) is 5.14 Å². The highest BCUT2D eigenvalue weighted by atomic mass is 32.2. The van der Waals surface area contributed by atoms with Crippen molar-refractivity contribution < 1.29 is 8.42 Å². The van der Waals surface area contributed by atoms with E-state index in [2.05, 4.69) is 15.3 Å². The Hall–Kier alpha value is -1.86. The van der Waals surface area contributed by atoms with E-state index in [1.165, 1.54) is 6.07 Å². The first-order valence-corrected chi connectivity index (χ1v) is 6.91. The number of nitrogens with two attached hydrogens (primary N) is 1. The van der Waals surface area contributed by atoms with Crippen LogP contribution in [0, 0.1) is 0 Å². The summed E-state index contributed by atoms with van der Waals surface area (Å²) in [6.07, 6.45) is 3.35. The molecular weight excluding hydrogens is 252 g/mol. The molecule has 2 aromatic rings. The topological polar surface area (TPSA) is 101 Å². The van der Waals surface area contributed by atoms with Gasteiger partial charge in [0.25, 0.3) is 0 Å². The zero-order chi connectivity index (χ0) is 13.2. The highest BCUT2D eigenvalue weighted by molar-refractivity contribution is 7.89. The SMILES string of the molecule is CC(Nc1ccccc1S(N)(=O)=O)c1ncc[nH]1. The summed E-state index contributed by atoms with van der Waals surface area (Å²) in [5.74, 6) is 0.722. The van der Waals surface area contributed by atoms with E-state index in [0.29, 0.717) is 5.69 Å². The van der Waals surface area contributed by atoms with E-state index < -0.39 is 10.0 Å². The van der Waals surface area contributed by atoms with Crippen molar-refractivity contribution in [1.29, 1.82) is 0 Å². The molecule has 2 rings (SSSR count). The van der Waals surface area contributed by atoms with Crippen LogP contribution in [0.4, 0.5) is 5.69 Å². The number of nitrogens with one attached hydrogen (secondary N) is 2. The zero-order valence-corrected chi connectivity index (χ0v) is 10.6. The van der Waals surface area contributed by atoms with Crippen molar-refractivity contribution in [3.8, 4) is 0 Å². The lowest BCUT2D eigenvalue weighted by Gasteiger charge is -2.15. The highest BCUT2D eigenvalue weighted by Gasteiger charge is 2.15. The van der Waals surface area contributed by atoms with Gasteiger partial charge in [-0.05, 0) is 19.1 Å². The molecule has 0 bridgehead atoms. The van der Waals surface area contributed by atoms with Gasteiger partial charge in [-0.3, -0.25) is 0 Å². The second-order valence-electron chi connectivity index (χ2n) is 3.88. The van der Waals surface area contributed by atoms with Crippen molar-refractivity contribution in [2.45, 2.75) is 17.9 Å². The molecule has 7 heteroatoms. The summed E-state index contributed by atoms with van der Waals surface area (Å²) in [4.78, 5) is 7.14. The monoisotopic (exact) mass is 266 g/mol. The van der Waals surface area contributed by atoms with E-state index >= 15 is 0 Å². The third-order valence-electron chi connectivity index (χ3n) is 2.50. The van der Waals surface area contributed by atoms with Gasteiger partial charge in [0, 0.05) is 12.4 Å². The first-order valence-electron chi connectivity index (χ1n) is 5.36. The Balaban J connectivity index is 2.30. The largest absolute Gasteiger partial charge is 0.374 e. The Kier molecular flexibility index (Phi) is 3.35. The lowest BCUT2D eigenvalue weighted by Crippen LogP contribution is -2.16. The number of imidazole rings is 1. The molecule has 1 aromatic heterocycles. The van der Waals surface area contributed by atoms with Crippen LogP contribution < -0.4 is 10.5 Å². The number of primary sulfonamides is 1. The second-order valence-corrected chi connectivity index (χ2v) is 5.41. The molecule has 0 saturated carbocycles. The van der Waals surface area contributed by atoms with Crippen LogP contribution in [0.15, 0.2) is 41.6 Å². The zero-order valence-electron chi connectivity index (χ0n) is 9.79. The molecule has 18 heavy (non-hydrogen) atoms. The fraction of sp³-hybridized carbons (Fsp3) is 0.182. The Morgan fingerprint density at radius 2 is 2.11 bits per heavy atom. The quantitative estimate of drug-likeness (QED) is 0.774. The number of hydrogen-bond donors (Lipinski definition) is 3. The fourth-order valence-corrected chi connectivity index (χ4v) is 2.35. The summed E-state index contributed by atoms with van der Waals surface area (Å²) < 4.78 is 22.9. The molecule has 0 fully saturated rings. The van der Waals surface area contributed by atoms with Crippen LogP contribution in [0.1, 0.15) is 18.8 Å². The number of rotatable bonds is 4. The number of H-pyrrole nitrogens is 1. The molecule has 0 aliphatic heterocycles. The molecule has 0 radical (unpaired) electrons.